The molecule has 0 bridgehead atoms. The molecule has 4 aromatic heterocycles. The van der Waals surface area contributed by atoms with E-state index in [-0.39, 0.29) is 5.41 Å². The molecule has 13 aromatic rings. The molecule has 0 aliphatic carbocycles. The van der Waals surface area contributed by atoms with Gasteiger partial charge >= 0.3 is 0 Å². The van der Waals surface area contributed by atoms with Gasteiger partial charge in [0.25, 0.3) is 0 Å². The smallest absolute Gasteiger partial charge is 0.162 e. The van der Waals surface area contributed by atoms with Gasteiger partial charge in [-0.2, -0.15) is 0 Å². The minimum absolute atomic E-state index is 0.0576. The zero-order valence-electron chi connectivity index (χ0n) is 39.1. The molecule has 1 aliphatic rings. The summed E-state index contributed by atoms with van der Waals surface area (Å²) in [6.07, 6.45) is 1.91. The molecule has 9 aromatic carbocycles. The summed E-state index contributed by atoms with van der Waals surface area (Å²) in [6.45, 7) is 7.52. The first-order chi connectivity index (χ1) is 34.4. The van der Waals surface area contributed by atoms with Gasteiger partial charge in [0.05, 0.1) is 44.6 Å². The van der Waals surface area contributed by atoms with Crippen molar-refractivity contribution in [3.63, 3.8) is 0 Å². The first kappa shape index (κ1) is 40.2. The molecule has 6 nitrogen and oxygen atoms in total. The lowest BCUT2D eigenvalue weighted by atomic mass is 9.82. The van der Waals surface area contributed by atoms with E-state index in [1.807, 2.05) is 12.3 Å². The van der Waals surface area contributed by atoms with Crippen molar-refractivity contribution in [3.05, 3.63) is 224 Å². The summed E-state index contributed by atoms with van der Waals surface area (Å²) in [5.41, 5.74) is 17.0. The predicted molar refractivity (Wildman–Crippen MR) is 292 cm³/mol. The van der Waals surface area contributed by atoms with Crippen LogP contribution in [-0.2, 0) is 5.41 Å². The number of benzene rings is 9. The Morgan fingerprint density at radius 1 is 0.429 bits per heavy atom. The molecule has 0 amide bonds. The predicted octanol–water partition coefficient (Wildman–Crippen LogP) is 17.0. The molecule has 0 saturated carbocycles. The Kier molecular flexibility index (Phi) is 8.80. The Bertz CT molecular complexity index is 4180. The topological polar surface area (TPSA) is 37.4 Å². The van der Waals surface area contributed by atoms with E-state index in [4.69, 9.17) is 9.72 Å². The summed E-state index contributed by atoms with van der Waals surface area (Å²) < 4.78 is 11.7. The molecule has 70 heavy (non-hydrogen) atoms. The van der Waals surface area contributed by atoms with Crippen LogP contribution in [0.25, 0.3) is 87.8 Å². The van der Waals surface area contributed by atoms with Crippen LogP contribution in [0.4, 0.5) is 22.7 Å². The highest BCUT2D eigenvalue weighted by Gasteiger charge is 2.33. The van der Waals surface area contributed by atoms with E-state index in [9.17, 15) is 0 Å². The van der Waals surface area contributed by atoms with Gasteiger partial charge in [-0.3, -0.25) is 4.40 Å². The fourth-order valence-electron chi connectivity index (χ4n) is 11.3. The monoisotopic (exact) mass is 901 g/mol. The fourth-order valence-corrected chi connectivity index (χ4v) is 11.3. The number of rotatable bonds is 6. The normalized spacial score (nSPS) is 13.0. The highest BCUT2D eigenvalue weighted by Crippen LogP contribution is 2.52. The first-order valence-electron chi connectivity index (χ1n) is 24.1. The number of fused-ring (bicyclic) bond motifs is 11. The van der Waals surface area contributed by atoms with E-state index < -0.39 is 0 Å². The van der Waals surface area contributed by atoms with Gasteiger partial charge in [0.1, 0.15) is 18.2 Å². The third kappa shape index (κ3) is 6.09. The third-order valence-electron chi connectivity index (χ3n) is 14.5. The Labute approximate surface area is 405 Å². The Morgan fingerprint density at radius 2 is 0.971 bits per heavy atom. The van der Waals surface area contributed by atoms with Gasteiger partial charge in [0.15, 0.2) is 5.65 Å². The molecular formula is C64H47N5O. The van der Waals surface area contributed by atoms with E-state index in [0.29, 0.717) is 6.67 Å². The van der Waals surface area contributed by atoms with Crippen molar-refractivity contribution in [1.82, 2.24) is 13.8 Å². The zero-order chi connectivity index (χ0) is 46.7. The molecular weight excluding hydrogens is 855 g/mol. The number of ether oxygens (including phenoxy) is 1. The molecule has 0 atom stereocenters. The Morgan fingerprint density at radius 3 is 1.66 bits per heavy atom. The molecule has 0 spiro atoms. The average Bonchev–Trinajstić information content (AvgIpc) is 4.06. The van der Waals surface area contributed by atoms with Gasteiger partial charge in [-0.1, -0.05) is 154 Å². The summed E-state index contributed by atoms with van der Waals surface area (Å²) in [7, 11) is 0. The maximum atomic E-state index is 6.94. The second-order valence-electron chi connectivity index (χ2n) is 19.6. The van der Waals surface area contributed by atoms with Gasteiger partial charge in [-0.15, -0.1) is 0 Å². The molecule has 5 heterocycles. The van der Waals surface area contributed by atoms with Gasteiger partial charge < -0.3 is 18.9 Å². The van der Waals surface area contributed by atoms with Gasteiger partial charge in [-0.05, 0) is 88.8 Å². The fraction of sp³-hybridized carbons (Fsp3) is 0.0781. The minimum Gasteiger partial charge on any atom is -0.457 e. The quantitative estimate of drug-likeness (QED) is 0.167. The van der Waals surface area contributed by atoms with Crippen LogP contribution in [0.2, 0.25) is 0 Å². The second-order valence-corrected chi connectivity index (χ2v) is 19.6. The molecule has 0 saturated heterocycles. The maximum absolute atomic E-state index is 6.94. The van der Waals surface area contributed by atoms with Crippen LogP contribution in [-0.4, -0.2) is 20.5 Å². The third-order valence-corrected chi connectivity index (χ3v) is 14.5. The molecule has 1 aliphatic heterocycles. The molecule has 0 radical (unpaired) electrons. The van der Waals surface area contributed by atoms with Gasteiger partial charge in [-0.25, -0.2) is 4.98 Å². The Balaban J connectivity index is 0.907. The Hall–Kier alpha value is -8.87. The molecule has 0 unspecified atom stereocenters. The van der Waals surface area contributed by atoms with E-state index in [0.717, 1.165) is 61.7 Å². The summed E-state index contributed by atoms with van der Waals surface area (Å²) in [6, 6.07) is 76.7. The lowest BCUT2D eigenvalue weighted by Crippen LogP contribution is -2.25. The van der Waals surface area contributed by atoms with Crippen LogP contribution in [0.3, 0.4) is 0 Å². The number of anilines is 4. The van der Waals surface area contributed by atoms with E-state index >= 15 is 0 Å². The SMILES string of the molecule is CC(C)(C)c1cc(-c2ccccc2)c(N2CN(c3cccc(Oc4ccc5c6cccc7c8cccc9c%10ccccc%10n(c%10cccnc%10n(c5c4)c67)c98)c3)c3ccccc32)c(-c2ccccc2)c1. The van der Waals surface area contributed by atoms with Crippen LogP contribution in [0.5, 0.6) is 11.5 Å². The van der Waals surface area contributed by atoms with E-state index in [1.54, 1.807) is 0 Å². The summed E-state index contributed by atoms with van der Waals surface area (Å²) in [5, 5.41) is 7.15. The molecule has 0 fully saturated rings. The van der Waals surface area contributed by atoms with Crippen molar-refractivity contribution in [2.75, 3.05) is 16.5 Å². The molecule has 334 valence electrons. The summed E-state index contributed by atoms with van der Waals surface area (Å²) >= 11 is 0. The van der Waals surface area contributed by atoms with Crippen molar-refractivity contribution >= 4 is 88.3 Å². The van der Waals surface area contributed by atoms with Gasteiger partial charge in [0.2, 0.25) is 0 Å². The van der Waals surface area contributed by atoms with Crippen molar-refractivity contribution in [3.8, 4) is 33.8 Å². The van der Waals surface area contributed by atoms with Crippen LogP contribution >= 0.6 is 0 Å². The molecule has 0 N–H and O–H groups in total. The van der Waals surface area contributed by atoms with Gasteiger partial charge in [0, 0.05) is 67.5 Å². The van der Waals surface area contributed by atoms with E-state index in [2.05, 4.69) is 246 Å². The standard InChI is InChI=1S/C64H47N5O/c1-64(2,3)43-36-53(41-18-6-4-7-19-41)60(54(37-43)42-20-8-5-9-21-42)67-40-66(56-30-12-13-31-57(56)67)44-22-14-23-45(38-44)70-46-33-34-48-50-26-16-28-52-51-27-15-25-49-47-24-10-11-29-55(47)68(61(49)51)58-32-17-35-65-63(58)69(62(50)52)59(48)39-46/h4-39H,40H2,1-3H3. The summed E-state index contributed by atoms with van der Waals surface area (Å²) in [5.74, 6) is 1.51. The minimum atomic E-state index is -0.0576. The number of aromatic nitrogens is 3. The van der Waals surface area contributed by atoms with Crippen LogP contribution in [0.1, 0.15) is 26.3 Å². The number of nitrogens with zero attached hydrogens (tertiary/aromatic N) is 5. The molecule has 6 heteroatoms. The van der Waals surface area contributed by atoms with E-state index in [1.165, 1.54) is 66.0 Å². The van der Waals surface area contributed by atoms with Crippen LogP contribution in [0.15, 0.2) is 219 Å². The highest BCUT2D eigenvalue weighted by molar-refractivity contribution is 6.25. The maximum Gasteiger partial charge on any atom is 0.162 e. The number of hydrogen-bond donors (Lipinski definition) is 0. The van der Waals surface area contributed by atoms with Crippen LogP contribution < -0.4 is 14.5 Å². The van der Waals surface area contributed by atoms with Crippen molar-refractivity contribution < 1.29 is 4.74 Å². The van der Waals surface area contributed by atoms with Crippen molar-refractivity contribution in [1.29, 1.82) is 0 Å². The first-order valence-corrected chi connectivity index (χ1v) is 24.1. The average molecular weight is 902 g/mol. The number of hydrogen-bond acceptors (Lipinski definition) is 4. The van der Waals surface area contributed by atoms with Crippen molar-refractivity contribution in [2.24, 2.45) is 0 Å². The van der Waals surface area contributed by atoms with Crippen LogP contribution in [0, 0.1) is 0 Å². The van der Waals surface area contributed by atoms with Crippen molar-refractivity contribution in [2.45, 2.75) is 26.2 Å². The molecule has 14 rings (SSSR count). The lowest BCUT2D eigenvalue weighted by Gasteiger charge is -2.30. The second kappa shape index (κ2) is 15.3. The lowest BCUT2D eigenvalue weighted by molar-refractivity contribution is 0.483. The largest absolute Gasteiger partial charge is 0.457 e. The zero-order valence-corrected chi connectivity index (χ0v) is 39.1. The number of pyridine rings is 1. The highest BCUT2D eigenvalue weighted by atomic mass is 16.5. The summed E-state index contributed by atoms with van der Waals surface area (Å²) in [4.78, 5) is 10.1. The number of para-hydroxylation sites is 5.